The van der Waals surface area contributed by atoms with Gasteiger partial charge in [-0.05, 0) is 50.2 Å². The van der Waals surface area contributed by atoms with Gasteiger partial charge in [0, 0.05) is 55.4 Å². The van der Waals surface area contributed by atoms with E-state index < -0.39 is 0 Å². The van der Waals surface area contributed by atoms with Gasteiger partial charge in [0.05, 0.1) is 33.5 Å². The van der Waals surface area contributed by atoms with E-state index in [0.29, 0.717) is 0 Å². The van der Waals surface area contributed by atoms with E-state index in [9.17, 15) is 0 Å². The van der Waals surface area contributed by atoms with Crippen molar-refractivity contribution in [2.75, 3.05) is 13.1 Å². The van der Waals surface area contributed by atoms with E-state index in [2.05, 4.69) is 100 Å². The van der Waals surface area contributed by atoms with Gasteiger partial charge >= 0.3 is 0 Å². The van der Waals surface area contributed by atoms with Gasteiger partial charge in [0.25, 0.3) is 0 Å². The number of rotatable bonds is 8. The molecule has 0 aliphatic rings. The normalized spacial score (nSPS) is 13.3. The summed E-state index contributed by atoms with van der Waals surface area (Å²) < 4.78 is 0. The number of halogens is 1. The third-order valence-electron chi connectivity index (χ3n) is 8.72. The number of nitrogens with two attached hydrogens (primary N) is 2. The van der Waals surface area contributed by atoms with Gasteiger partial charge in [-0.2, -0.15) is 0 Å². The number of para-hydroxylation sites is 4. The van der Waals surface area contributed by atoms with Crippen LogP contribution in [-0.4, -0.2) is 33.0 Å². The van der Waals surface area contributed by atoms with Gasteiger partial charge in [0.1, 0.15) is 0 Å². The lowest BCUT2D eigenvalue weighted by Crippen LogP contribution is -2.25. The highest BCUT2D eigenvalue weighted by Crippen LogP contribution is 2.36. The highest BCUT2D eigenvalue weighted by atomic mass is 35.5. The number of nitrogens with one attached hydrogen (secondary N) is 3. The minimum absolute atomic E-state index is 0. The second-order valence-electron chi connectivity index (χ2n) is 11.4. The topological polar surface area (TPSA) is 121 Å². The largest absolute Gasteiger partial charge is 0.354 e. The van der Waals surface area contributed by atoms with Gasteiger partial charge in [0.2, 0.25) is 0 Å². The van der Waals surface area contributed by atoms with Gasteiger partial charge < -0.3 is 26.8 Å². The third kappa shape index (κ3) is 4.66. The molecule has 0 spiro atoms. The van der Waals surface area contributed by atoms with Gasteiger partial charge in [-0.1, -0.05) is 72.8 Å². The first-order valence-electron chi connectivity index (χ1n) is 15.0. The summed E-state index contributed by atoms with van der Waals surface area (Å²) in [6.07, 6.45) is 1.52. The summed E-state index contributed by atoms with van der Waals surface area (Å²) in [6.45, 7) is 1.53. The molecule has 0 fully saturated rings. The van der Waals surface area contributed by atoms with Crippen molar-refractivity contribution in [1.82, 2.24) is 25.3 Å². The SMILES string of the molecule is Cl.NC(CCNCCC(N)c1nc2ccccc2c2[nH]c3ccccc3c12)c1nc2ccccc2c2[nH]c3ccccc3c12. The van der Waals surface area contributed by atoms with Crippen molar-refractivity contribution < 1.29 is 0 Å². The highest BCUT2D eigenvalue weighted by Gasteiger charge is 2.20. The lowest BCUT2D eigenvalue weighted by Gasteiger charge is -2.17. The first-order valence-corrected chi connectivity index (χ1v) is 15.0. The van der Waals surface area contributed by atoms with Crippen LogP contribution in [0.2, 0.25) is 0 Å². The Kier molecular flexibility index (Phi) is 7.40. The molecule has 7 nitrogen and oxygen atoms in total. The molecule has 0 radical (unpaired) electrons. The maximum absolute atomic E-state index is 6.84. The quantitative estimate of drug-likeness (QED) is 0.115. The van der Waals surface area contributed by atoms with Crippen LogP contribution < -0.4 is 16.8 Å². The summed E-state index contributed by atoms with van der Waals surface area (Å²) in [5.41, 5.74) is 21.9. The summed E-state index contributed by atoms with van der Waals surface area (Å²) in [4.78, 5) is 17.4. The second-order valence-corrected chi connectivity index (χ2v) is 11.4. The van der Waals surface area contributed by atoms with E-state index in [0.717, 1.165) is 103 Å². The monoisotopic (exact) mass is 599 g/mol. The maximum Gasteiger partial charge on any atom is 0.0727 e. The smallest absolute Gasteiger partial charge is 0.0727 e. The second kappa shape index (κ2) is 11.5. The van der Waals surface area contributed by atoms with Crippen LogP contribution in [0.5, 0.6) is 0 Å². The van der Waals surface area contributed by atoms with E-state index in [-0.39, 0.29) is 24.5 Å². The fourth-order valence-electron chi connectivity index (χ4n) is 6.61. The summed E-state index contributed by atoms with van der Waals surface area (Å²) in [5, 5.41) is 10.4. The van der Waals surface area contributed by atoms with Gasteiger partial charge in [-0.3, -0.25) is 9.97 Å². The highest BCUT2D eigenvalue weighted by molar-refractivity contribution is 6.18. The molecular weight excluding hydrogens is 566 g/mol. The maximum atomic E-state index is 6.84. The Morgan fingerprint density at radius 1 is 0.545 bits per heavy atom. The summed E-state index contributed by atoms with van der Waals surface area (Å²) in [7, 11) is 0. The van der Waals surface area contributed by atoms with E-state index in [4.69, 9.17) is 21.4 Å². The minimum Gasteiger partial charge on any atom is -0.354 e. The number of pyridine rings is 2. The molecule has 4 aromatic heterocycles. The molecule has 44 heavy (non-hydrogen) atoms. The lowest BCUT2D eigenvalue weighted by molar-refractivity contribution is 0.536. The molecule has 0 aliphatic heterocycles. The zero-order chi connectivity index (χ0) is 28.9. The number of aromatic nitrogens is 4. The zero-order valence-corrected chi connectivity index (χ0v) is 25.0. The van der Waals surface area contributed by atoms with E-state index in [1.807, 2.05) is 12.1 Å². The fraction of sp³-hybridized carbons (Fsp3) is 0.167. The van der Waals surface area contributed by atoms with Crippen LogP contribution >= 0.6 is 12.4 Å². The molecule has 4 aromatic carbocycles. The molecule has 0 bridgehead atoms. The van der Waals surface area contributed by atoms with Crippen molar-refractivity contribution >= 4 is 77.8 Å². The van der Waals surface area contributed by atoms with Crippen molar-refractivity contribution in [3.05, 3.63) is 108 Å². The number of hydrogen-bond donors (Lipinski definition) is 5. The predicted molar refractivity (Wildman–Crippen MR) is 185 cm³/mol. The summed E-state index contributed by atoms with van der Waals surface area (Å²) >= 11 is 0. The predicted octanol–water partition coefficient (Wildman–Crippen LogP) is 7.54. The molecule has 4 heterocycles. The molecule has 2 atom stereocenters. The molecule has 8 aromatic rings. The molecule has 7 N–H and O–H groups in total. The molecular formula is C36H34ClN7. The minimum atomic E-state index is -0.208. The molecule has 0 amide bonds. The lowest BCUT2D eigenvalue weighted by atomic mass is 10.0. The van der Waals surface area contributed by atoms with Crippen molar-refractivity contribution in [2.45, 2.75) is 24.9 Å². The van der Waals surface area contributed by atoms with E-state index in [1.54, 1.807) is 0 Å². The van der Waals surface area contributed by atoms with Crippen molar-refractivity contribution in [2.24, 2.45) is 11.5 Å². The number of nitrogens with zero attached hydrogens (tertiary/aromatic N) is 2. The Labute approximate surface area is 260 Å². The number of benzene rings is 4. The van der Waals surface area contributed by atoms with Crippen molar-refractivity contribution in [3.8, 4) is 0 Å². The van der Waals surface area contributed by atoms with Crippen LogP contribution in [0.3, 0.4) is 0 Å². The third-order valence-corrected chi connectivity index (χ3v) is 8.72. The van der Waals surface area contributed by atoms with Gasteiger partial charge in [0.15, 0.2) is 0 Å². The Hall–Kier alpha value is -4.53. The molecule has 220 valence electrons. The Balaban J connectivity index is 0.00000312. The molecule has 8 heteroatoms. The molecule has 2 unspecified atom stereocenters. The van der Waals surface area contributed by atoms with E-state index in [1.165, 1.54) is 0 Å². The van der Waals surface area contributed by atoms with Crippen LogP contribution in [0, 0.1) is 0 Å². The molecule has 0 aliphatic carbocycles. The number of H-pyrrole nitrogens is 2. The number of aromatic amines is 2. The first kappa shape index (κ1) is 28.3. The van der Waals surface area contributed by atoms with Crippen molar-refractivity contribution in [3.63, 3.8) is 0 Å². The van der Waals surface area contributed by atoms with Crippen LogP contribution in [0.1, 0.15) is 36.3 Å². The Morgan fingerprint density at radius 3 is 1.39 bits per heavy atom. The summed E-state index contributed by atoms with van der Waals surface area (Å²) in [5.74, 6) is 0. The average Bonchev–Trinajstić information content (AvgIpc) is 3.63. The van der Waals surface area contributed by atoms with Crippen molar-refractivity contribution in [1.29, 1.82) is 0 Å². The van der Waals surface area contributed by atoms with Crippen LogP contribution in [0.15, 0.2) is 97.1 Å². The van der Waals surface area contributed by atoms with Gasteiger partial charge in [-0.25, -0.2) is 0 Å². The average molecular weight is 600 g/mol. The van der Waals surface area contributed by atoms with E-state index >= 15 is 0 Å². The standard InChI is InChI=1S/C36H33N7.ClH/c37-25(35-31-21-9-1-5-13-27(21)40-33(31)23-11-3-7-15-29(23)42-35)17-19-39-20-18-26(38)36-32-22-10-2-6-14-28(22)41-34(32)24-12-4-8-16-30(24)43-36;/h1-16,25-26,39-41H,17-20,37-38H2;1H. The Bertz CT molecular complexity index is 2120. The Morgan fingerprint density at radius 2 is 0.932 bits per heavy atom. The molecule has 0 saturated carbocycles. The van der Waals surface area contributed by atoms with Gasteiger partial charge in [-0.15, -0.1) is 12.4 Å². The molecule has 0 saturated heterocycles. The fourth-order valence-corrected chi connectivity index (χ4v) is 6.61. The first-order chi connectivity index (χ1) is 21.2. The van der Waals surface area contributed by atoms with Crippen LogP contribution in [0.4, 0.5) is 0 Å². The number of hydrogen-bond acceptors (Lipinski definition) is 5. The van der Waals surface area contributed by atoms with Crippen LogP contribution in [-0.2, 0) is 0 Å². The van der Waals surface area contributed by atoms with Crippen LogP contribution in [0.25, 0.3) is 65.4 Å². The summed E-state index contributed by atoms with van der Waals surface area (Å²) in [6, 6.07) is 32.9. The number of fused-ring (bicyclic) bond motifs is 10. The molecule has 8 rings (SSSR count). The zero-order valence-electron chi connectivity index (χ0n) is 24.2.